The second-order valence-corrected chi connectivity index (χ2v) is 9.38. The molecule has 0 saturated carbocycles. The van der Waals surface area contributed by atoms with Crippen LogP contribution in [0.25, 0.3) is 0 Å². The van der Waals surface area contributed by atoms with Crippen molar-refractivity contribution in [3.63, 3.8) is 0 Å². The van der Waals surface area contributed by atoms with Gasteiger partial charge in [-0.05, 0) is 49.9 Å². The first-order chi connectivity index (χ1) is 12.4. The molecule has 0 spiro atoms. The standard InChI is InChI=1S/C23H23O2P/c1-16-15-17(2)22(19(4)18(16)3)23(24)26(25,20-11-7-5-8-12-20)21-13-9-6-10-14-21/h5-15H,1-4H3. The summed E-state index contributed by atoms with van der Waals surface area (Å²) >= 11 is 0. The molecule has 0 aliphatic carbocycles. The SMILES string of the molecule is Cc1cc(C)c(C(=O)P(=O)(c2ccccc2)c2ccccc2)c(C)c1C. The zero-order chi connectivity index (χ0) is 18.9. The summed E-state index contributed by atoms with van der Waals surface area (Å²) in [7, 11) is -3.46. The van der Waals surface area contributed by atoms with E-state index in [0.717, 1.165) is 22.3 Å². The lowest BCUT2D eigenvalue weighted by Gasteiger charge is -2.21. The number of rotatable bonds is 4. The highest BCUT2D eigenvalue weighted by atomic mass is 31.2. The van der Waals surface area contributed by atoms with Gasteiger partial charge in [-0.2, -0.15) is 0 Å². The van der Waals surface area contributed by atoms with Crippen LogP contribution in [0.3, 0.4) is 0 Å². The minimum atomic E-state index is -3.46. The van der Waals surface area contributed by atoms with Crippen molar-refractivity contribution in [2.75, 3.05) is 0 Å². The Labute approximate surface area is 155 Å². The van der Waals surface area contributed by atoms with Gasteiger partial charge >= 0.3 is 0 Å². The van der Waals surface area contributed by atoms with Crippen molar-refractivity contribution in [1.29, 1.82) is 0 Å². The normalized spacial score (nSPS) is 11.4. The van der Waals surface area contributed by atoms with Crippen molar-refractivity contribution in [3.8, 4) is 0 Å². The van der Waals surface area contributed by atoms with Gasteiger partial charge in [0.25, 0.3) is 0 Å². The Morgan fingerprint density at radius 2 is 1.15 bits per heavy atom. The highest BCUT2D eigenvalue weighted by molar-refractivity contribution is 7.93. The van der Waals surface area contributed by atoms with E-state index in [1.807, 2.05) is 70.2 Å². The fourth-order valence-corrected chi connectivity index (χ4v) is 6.04. The summed E-state index contributed by atoms with van der Waals surface area (Å²) in [4.78, 5) is 13.7. The molecule has 0 aromatic heterocycles. The van der Waals surface area contributed by atoms with Crippen LogP contribution in [0.2, 0.25) is 0 Å². The summed E-state index contributed by atoms with van der Waals surface area (Å²) < 4.78 is 14.3. The van der Waals surface area contributed by atoms with E-state index in [1.165, 1.54) is 0 Å². The van der Waals surface area contributed by atoms with E-state index in [0.29, 0.717) is 16.2 Å². The Kier molecular flexibility index (Phi) is 4.98. The molecule has 26 heavy (non-hydrogen) atoms. The monoisotopic (exact) mass is 362 g/mol. The van der Waals surface area contributed by atoms with E-state index in [2.05, 4.69) is 0 Å². The molecule has 0 amide bonds. The van der Waals surface area contributed by atoms with Crippen LogP contribution in [0, 0.1) is 27.7 Å². The molecule has 3 aromatic carbocycles. The van der Waals surface area contributed by atoms with Gasteiger partial charge in [0.1, 0.15) is 0 Å². The number of benzene rings is 3. The zero-order valence-corrected chi connectivity index (χ0v) is 16.5. The average Bonchev–Trinajstić information content (AvgIpc) is 2.67. The first-order valence-corrected chi connectivity index (χ1v) is 10.4. The molecule has 0 atom stereocenters. The Morgan fingerprint density at radius 3 is 1.62 bits per heavy atom. The van der Waals surface area contributed by atoms with Gasteiger partial charge in [0.15, 0.2) is 0 Å². The van der Waals surface area contributed by atoms with Crippen molar-refractivity contribution in [1.82, 2.24) is 0 Å². The number of hydrogen-bond acceptors (Lipinski definition) is 2. The third-order valence-corrected chi connectivity index (χ3v) is 7.94. The first kappa shape index (κ1) is 18.4. The molecule has 0 fully saturated rings. The van der Waals surface area contributed by atoms with Crippen LogP contribution in [-0.4, -0.2) is 5.52 Å². The maximum absolute atomic E-state index is 14.3. The first-order valence-electron chi connectivity index (χ1n) is 8.71. The van der Waals surface area contributed by atoms with Crippen LogP contribution in [0.1, 0.15) is 32.6 Å². The molecule has 132 valence electrons. The van der Waals surface area contributed by atoms with Crippen LogP contribution >= 0.6 is 7.14 Å². The van der Waals surface area contributed by atoms with E-state index in [9.17, 15) is 9.36 Å². The van der Waals surface area contributed by atoms with E-state index < -0.39 is 7.14 Å². The summed E-state index contributed by atoms with van der Waals surface area (Å²) in [5.74, 6) is 0. The zero-order valence-electron chi connectivity index (χ0n) is 15.6. The number of aryl methyl sites for hydroxylation is 2. The summed E-state index contributed by atoms with van der Waals surface area (Å²) in [6.07, 6.45) is 0. The van der Waals surface area contributed by atoms with E-state index >= 15 is 0 Å². The second kappa shape index (κ2) is 7.05. The largest absolute Gasteiger partial charge is 0.305 e. The summed E-state index contributed by atoms with van der Waals surface area (Å²) in [6, 6.07) is 20.2. The fraction of sp³-hybridized carbons (Fsp3) is 0.174. The molecule has 0 saturated heterocycles. The maximum atomic E-state index is 14.3. The third-order valence-electron chi connectivity index (χ3n) is 5.10. The quantitative estimate of drug-likeness (QED) is 0.607. The average molecular weight is 362 g/mol. The third kappa shape index (κ3) is 2.95. The Hall–Kier alpha value is -2.44. The van der Waals surface area contributed by atoms with Gasteiger partial charge in [0.05, 0.1) is 0 Å². The molecule has 2 nitrogen and oxygen atoms in total. The second-order valence-electron chi connectivity index (χ2n) is 6.72. The van der Waals surface area contributed by atoms with Gasteiger partial charge in [0, 0.05) is 16.2 Å². The highest BCUT2D eigenvalue weighted by Gasteiger charge is 2.38. The molecule has 0 aliphatic rings. The minimum Gasteiger partial charge on any atom is -0.305 e. The molecule has 0 unspecified atom stereocenters. The van der Waals surface area contributed by atoms with Crippen LogP contribution in [-0.2, 0) is 4.57 Å². The van der Waals surface area contributed by atoms with Crippen molar-refractivity contribution in [2.24, 2.45) is 0 Å². The van der Waals surface area contributed by atoms with Gasteiger partial charge < -0.3 is 4.57 Å². The molecule has 3 heteroatoms. The summed E-state index contributed by atoms with van der Waals surface area (Å²) in [6.45, 7) is 7.92. The molecule has 0 bridgehead atoms. The summed E-state index contributed by atoms with van der Waals surface area (Å²) in [5, 5.41) is 1.15. The lowest BCUT2D eigenvalue weighted by molar-refractivity contribution is 0.107. The summed E-state index contributed by atoms with van der Waals surface area (Å²) in [5.41, 5.74) is 4.32. The van der Waals surface area contributed by atoms with Crippen LogP contribution in [0.15, 0.2) is 66.7 Å². The van der Waals surface area contributed by atoms with Crippen LogP contribution < -0.4 is 10.6 Å². The topological polar surface area (TPSA) is 34.1 Å². The molecular formula is C23H23O2P. The Balaban J connectivity index is 2.30. The highest BCUT2D eigenvalue weighted by Crippen LogP contribution is 2.48. The molecule has 3 aromatic rings. The van der Waals surface area contributed by atoms with Gasteiger partial charge in [-0.3, -0.25) is 4.79 Å². The predicted octanol–water partition coefficient (Wildman–Crippen LogP) is 5.07. The molecule has 0 heterocycles. The van der Waals surface area contributed by atoms with Crippen molar-refractivity contribution in [3.05, 3.63) is 94.5 Å². The van der Waals surface area contributed by atoms with E-state index in [1.54, 1.807) is 24.3 Å². The van der Waals surface area contributed by atoms with Gasteiger partial charge in [0.2, 0.25) is 12.7 Å². The van der Waals surface area contributed by atoms with Crippen molar-refractivity contribution >= 4 is 23.3 Å². The molecule has 0 N–H and O–H groups in total. The number of carbonyl (C=O) groups is 1. The smallest absolute Gasteiger partial charge is 0.230 e. The van der Waals surface area contributed by atoms with Crippen molar-refractivity contribution in [2.45, 2.75) is 27.7 Å². The lowest BCUT2D eigenvalue weighted by Crippen LogP contribution is -2.24. The van der Waals surface area contributed by atoms with Crippen molar-refractivity contribution < 1.29 is 9.36 Å². The number of hydrogen-bond donors (Lipinski definition) is 0. The Morgan fingerprint density at radius 1 is 0.692 bits per heavy atom. The van der Waals surface area contributed by atoms with Crippen LogP contribution in [0.5, 0.6) is 0 Å². The molecule has 3 rings (SSSR count). The fourth-order valence-electron chi connectivity index (χ4n) is 3.43. The van der Waals surface area contributed by atoms with Gasteiger partial charge in [-0.1, -0.05) is 66.7 Å². The minimum absolute atomic E-state index is 0.284. The molecule has 0 radical (unpaired) electrons. The van der Waals surface area contributed by atoms with Gasteiger partial charge in [-0.15, -0.1) is 0 Å². The molecular weight excluding hydrogens is 339 g/mol. The van der Waals surface area contributed by atoms with E-state index in [4.69, 9.17) is 0 Å². The van der Waals surface area contributed by atoms with Crippen LogP contribution in [0.4, 0.5) is 0 Å². The predicted molar refractivity (Wildman–Crippen MR) is 109 cm³/mol. The number of carbonyl (C=O) groups excluding carboxylic acids is 1. The van der Waals surface area contributed by atoms with E-state index in [-0.39, 0.29) is 5.52 Å². The maximum Gasteiger partial charge on any atom is 0.230 e. The Bertz CT molecular complexity index is 962. The van der Waals surface area contributed by atoms with Gasteiger partial charge in [-0.25, -0.2) is 0 Å². The molecule has 0 aliphatic heterocycles. The lowest BCUT2D eigenvalue weighted by atomic mass is 9.95.